The molecule has 1 amide bonds. The van der Waals surface area contributed by atoms with E-state index in [2.05, 4.69) is 19.2 Å². The van der Waals surface area contributed by atoms with Gasteiger partial charge in [0, 0.05) is 27.7 Å². The lowest BCUT2D eigenvalue weighted by molar-refractivity contribution is 0.0947. The molecule has 43 heavy (non-hydrogen) atoms. The highest BCUT2D eigenvalue weighted by Crippen LogP contribution is 2.32. The van der Waals surface area contributed by atoms with Gasteiger partial charge >= 0.3 is 0 Å². The molecule has 0 radical (unpaired) electrons. The van der Waals surface area contributed by atoms with E-state index in [0.29, 0.717) is 22.3 Å². The van der Waals surface area contributed by atoms with E-state index in [4.69, 9.17) is 28.3 Å². The number of aromatic nitrogens is 2. The summed E-state index contributed by atoms with van der Waals surface area (Å²) in [6.07, 6.45) is 22.2. The standard InChI is InChI=1S/C37H53Cl2N3O/c1-4-6-7-8-9-10-11-12-13-14-15-16-17-18-19-20-27-40-37(43)35-29(3)36(31-21-23-32(38)24-22-31)42(41-35)34-26-25-33(39)28-30(34)5-2/h21-26,28H,4-20,27H2,1-3H3,(H,40,43). The summed E-state index contributed by atoms with van der Waals surface area (Å²) in [6.45, 7) is 7.02. The number of unbranched alkanes of at least 4 members (excludes halogenated alkanes) is 15. The predicted octanol–water partition coefficient (Wildman–Crippen LogP) is 11.7. The summed E-state index contributed by atoms with van der Waals surface area (Å²) in [5, 5.41) is 9.32. The van der Waals surface area contributed by atoms with Crippen LogP contribution in [0.3, 0.4) is 0 Å². The maximum Gasteiger partial charge on any atom is 0.272 e. The second-order valence-electron chi connectivity index (χ2n) is 11.9. The van der Waals surface area contributed by atoms with Gasteiger partial charge in [-0.2, -0.15) is 5.10 Å². The minimum atomic E-state index is -0.126. The molecule has 0 aliphatic carbocycles. The van der Waals surface area contributed by atoms with Crippen molar-refractivity contribution in [3.63, 3.8) is 0 Å². The maximum absolute atomic E-state index is 13.3. The van der Waals surface area contributed by atoms with Gasteiger partial charge in [0.2, 0.25) is 0 Å². The third kappa shape index (κ3) is 11.6. The van der Waals surface area contributed by atoms with Crippen LogP contribution in [-0.2, 0) is 6.42 Å². The molecule has 2 aromatic carbocycles. The Bertz CT molecular complexity index is 1240. The van der Waals surface area contributed by atoms with Crippen molar-refractivity contribution in [2.75, 3.05) is 6.54 Å². The molecule has 0 aliphatic heterocycles. The Hall–Kier alpha value is -2.30. The number of carbonyl (C=O) groups excluding carboxylic acids is 1. The highest BCUT2D eigenvalue weighted by atomic mass is 35.5. The maximum atomic E-state index is 13.3. The van der Waals surface area contributed by atoms with Crippen LogP contribution in [0.25, 0.3) is 16.9 Å². The first-order valence-electron chi connectivity index (χ1n) is 16.9. The Kier molecular flexibility index (Phi) is 16.3. The molecule has 0 saturated carbocycles. The third-order valence-electron chi connectivity index (χ3n) is 8.42. The van der Waals surface area contributed by atoms with E-state index in [1.54, 1.807) is 0 Å². The van der Waals surface area contributed by atoms with Crippen LogP contribution in [0.4, 0.5) is 0 Å². The summed E-state index contributed by atoms with van der Waals surface area (Å²) in [6, 6.07) is 13.5. The number of rotatable bonds is 21. The molecule has 3 rings (SSSR count). The van der Waals surface area contributed by atoms with E-state index >= 15 is 0 Å². The summed E-state index contributed by atoms with van der Waals surface area (Å²) in [5.41, 5.74) is 5.16. The Balaban J connectivity index is 1.42. The zero-order valence-electron chi connectivity index (χ0n) is 26.8. The Morgan fingerprint density at radius 3 is 1.77 bits per heavy atom. The fourth-order valence-corrected chi connectivity index (χ4v) is 6.16. The van der Waals surface area contributed by atoms with Gasteiger partial charge in [0.15, 0.2) is 5.69 Å². The average Bonchev–Trinajstić information content (AvgIpc) is 3.35. The van der Waals surface area contributed by atoms with Gasteiger partial charge in [-0.25, -0.2) is 4.68 Å². The van der Waals surface area contributed by atoms with E-state index < -0.39 is 0 Å². The number of benzene rings is 2. The minimum Gasteiger partial charge on any atom is -0.351 e. The summed E-state index contributed by atoms with van der Waals surface area (Å²) in [4.78, 5) is 13.3. The Labute approximate surface area is 270 Å². The molecule has 0 aliphatic rings. The minimum absolute atomic E-state index is 0.126. The van der Waals surface area contributed by atoms with Crippen molar-refractivity contribution in [3.8, 4) is 16.9 Å². The van der Waals surface area contributed by atoms with Gasteiger partial charge in [-0.15, -0.1) is 0 Å². The molecule has 3 aromatic rings. The Morgan fingerprint density at radius 1 is 0.721 bits per heavy atom. The topological polar surface area (TPSA) is 46.9 Å². The van der Waals surface area contributed by atoms with Crippen molar-refractivity contribution < 1.29 is 4.79 Å². The van der Waals surface area contributed by atoms with Crippen LogP contribution >= 0.6 is 23.2 Å². The van der Waals surface area contributed by atoms with Gasteiger partial charge in [-0.1, -0.05) is 145 Å². The third-order valence-corrected chi connectivity index (χ3v) is 8.91. The van der Waals surface area contributed by atoms with Crippen LogP contribution in [0.2, 0.25) is 10.0 Å². The van der Waals surface area contributed by atoms with Gasteiger partial charge in [0.25, 0.3) is 5.91 Å². The molecule has 0 atom stereocenters. The van der Waals surface area contributed by atoms with Gasteiger partial charge in [0.05, 0.1) is 11.4 Å². The van der Waals surface area contributed by atoms with E-state index in [1.807, 2.05) is 54.1 Å². The SMILES string of the molecule is CCCCCCCCCCCCCCCCCCNC(=O)c1nn(-c2ccc(Cl)cc2CC)c(-c2ccc(Cl)cc2)c1C. The Morgan fingerprint density at radius 2 is 1.23 bits per heavy atom. The molecule has 1 N–H and O–H groups in total. The molecular weight excluding hydrogens is 573 g/mol. The summed E-state index contributed by atoms with van der Waals surface area (Å²) < 4.78 is 1.89. The lowest BCUT2D eigenvalue weighted by Gasteiger charge is -2.13. The van der Waals surface area contributed by atoms with Crippen LogP contribution in [0.15, 0.2) is 42.5 Å². The molecule has 0 fully saturated rings. The highest BCUT2D eigenvalue weighted by molar-refractivity contribution is 6.31. The number of carbonyl (C=O) groups is 1. The van der Waals surface area contributed by atoms with Crippen LogP contribution in [-0.4, -0.2) is 22.2 Å². The van der Waals surface area contributed by atoms with E-state index in [0.717, 1.165) is 47.3 Å². The number of hydrogen-bond acceptors (Lipinski definition) is 2. The average molecular weight is 627 g/mol. The molecule has 0 bridgehead atoms. The molecule has 6 heteroatoms. The summed E-state index contributed by atoms with van der Waals surface area (Å²) in [7, 11) is 0. The van der Waals surface area contributed by atoms with Crippen LogP contribution in [0, 0.1) is 6.92 Å². The van der Waals surface area contributed by atoms with Crippen molar-refractivity contribution in [2.45, 2.75) is 130 Å². The normalized spacial score (nSPS) is 11.3. The number of halogens is 2. The molecule has 0 unspecified atom stereocenters. The molecule has 0 spiro atoms. The largest absolute Gasteiger partial charge is 0.351 e. The second-order valence-corrected chi connectivity index (χ2v) is 12.8. The van der Waals surface area contributed by atoms with Crippen molar-refractivity contribution in [2.24, 2.45) is 0 Å². The van der Waals surface area contributed by atoms with Gasteiger partial charge in [-0.3, -0.25) is 4.79 Å². The molecular formula is C37H53Cl2N3O. The number of nitrogens with zero attached hydrogens (tertiary/aromatic N) is 2. The van der Waals surface area contributed by atoms with Gasteiger partial charge < -0.3 is 5.32 Å². The summed E-state index contributed by atoms with van der Waals surface area (Å²) >= 11 is 12.5. The van der Waals surface area contributed by atoms with E-state index in [9.17, 15) is 4.79 Å². The molecule has 1 aromatic heterocycles. The fourth-order valence-electron chi connectivity index (χ4n) is 5.84. The highest BCUT2D eigenvalue weighted by Gasteiger charge is 2.23. The van der Waals surface area contributed by atoms with Crippen molar-refractivity contribution in [1.29, 1.82) is 0 Å². The number of nitrogens with one attached hydrogen (secondary N) is 1. The number of amides is 1. The first-order chi connectivity index (χ1) is 21.0. The van der Waals surface area contributed by atoms with Gasteiger partial charge in [-0.05, 0) is 55.7 Å². The fraction of sp³-hybridized carbons (Fsp3) is 0.568. The van der Waals surface area contributed by atoms with Crippen molar-refractivity contribution in [3.05, 3.63) is 69.3 Å². The van der Waals surface area contributed by atoms with Crippen LogP contribution in [0.5, 0.6) is 0 Å². The smallest absolute Gasteiger partial charge is 0.272 e. The number of hydrogen-bond donors (Lipinski definition) is 1. The molecule has 0 saturated heterocycles. The molecule has 4 nitrogen and oxygen atoms in total. The van der Waals surface area contributed by atoms with Gasteiger partial charge in [0.1, 0.15) is 0 Å². The van der Waals surface area contributed by atoms with Crippen molar-refractivity contribution >= 4 is 29.1 Å². The first-order valence-corrected chi connectivity index (χ1v) is 17.6. The lowest BCUT2D eigenvalue weighted by atomic mass is 10.0. The zero-order chi connectivity index (χ0) is 30.9. The number of aryl methyl sites for hydroxylation is 1. The van der Waals surface area contributed by atoms with E-state index in [-0.39, 0.29) is 5.91 Å². The van der Waals surface area contributed by atoms with Crippen LogP contribution < -0.4 is 5.32 Å². The molecule has 1 heterocycles. The lowest BCUT2D eigenvalue weighted by Crippen LogP contribution is -2.25. The second kappa shape index (κ2) is 19.9. The predicted molar refractivity (Wildman–Crippen MR) is 185 cm³/mol. The molecule has 236 valence electrons. The monoisotopic (exact) mass is 625 g/mol. The van der Waals surface area contributed by atoms with E-state index in [1.165, 1.54) is 89.9 Å². The quantitative estimate of drug-likeness (QED) is 0.120. The first kappa shape index (κ1) is 35.2. The van der Waals surface area contributed by atoms with Crippen LogP contribution in [0.1, 0.15) is 138 Å². The van der Waals surface area contributed by atoms with Crippen molar-refractivity contribution in [1.82, 2.24) is 15.1 Å². The zero-order valence-corrected chi connectivity index (χ0v) is 28.3. The summed E-state index contributed by atoms with van der Waals surface area (Å²) in [5.74, 6) is -0.126.